The van der Waals surface area contributed by atoms with Crippen molar-refractivity contribution in [2.45, 2.75) is 38.7 Å². The maximum absolute atomic E-state index is 5.89. The van der Waals surface area contributed by atoms with E-state index in [1.54, 1.807) is 0 Å². The van der Waals surface area contributed by atoms with Gasteiger partial charge in [-0.2, -0.15) is 0 Å². The van der Waals surface area contributed by atoms with E-state index < -0.39 is 0 Å². The molecule has 3 heteroatoms. The van der Waals surface area contributed by atoms with E-state index in [4.69, 9.17) is 10.5 Å². The second-order valence-corrected chi connectivity index (χ2v) is 5.29. The lowest BCUT2D eigenvalue weighted by atomic mass is 10.1. The molecule has 1 heterocycles. The number of hydrogen-bond donors (Lipinski definition) is 1. The Labute approximate surface area is 116 Å². The molecule has 2 N–H and O–H groups in total. The summed E-state index contributed by atoms with van der Waals surface area (Å²) < 4.78 is 5.89. The molecule has 1 aromatic carbocycles. The first kappa shape index (κ1) is 14.4. The van der Waals surface area contributed by atoms with Crippen LogP contribution in [0.1, 0.15) is 31.7 Å². The van der Waals surface area contributed by atoms with E-state index in [9.17, 15) is 0 Å². The van der Waals surface area contributed by atoms with Crippen LogP contribution < -0.4 is 10.6 Å². The van der Waals surface area contributed by atoms with Crippen molar-refractivity contribution in [1.29, 1.82) is 0 Å². The zero-order chi connectivity index (χ0) is 13.5. The fraction of sp³-hybridized carbons (Fsp3) is 0.625. The molecule has 106 valence electrons. The highest BCUT2D eigenvalue weighted by molar-refractivity contribution is 5.48. The van der Waals surface area contributed by atoms with Crippen LogP contribution in [-0.4, -0.2) is 32.3 Å². The third kappa shape index (κ3) is 4.22. The van der Waals surface area contributed by atoms with Crippen LogP contribution >= 0.6 is 0 Å². The molecular weight excluding hydrogens is 236 g/mol. The average molecular weight is 262 g/mol. The number of anilines is 1. The Hall–Kier alpha value is -1.06. The van der Waals surface area contributed by atoms with Gasteiger partial charge in [0.1, 0.15) is 0 Å². The summed E-state index contributed by atoms with van der Waals surface area (Å²) >= 11 is 0. The summed E-state index contributed by atoms with van der Waals surface area (Å²) in [6.07, 6.45) is 4.88. The summed E-state index contributed by atoms with van der Waals surface area (Å²) in [7, 11) is 0. The summed E-state index contributed by atoms with van der Waals surface area (Å²) in [6, 6.07) is 8.82. The Morgan fingerprint density at radius 1 is 1.32 bits per heavy atom. The number of piperidine rings is 1. The molecule has 0 aromatic heterocycles. The van der Waals surface area contributed by atoms with Crippen LogP contribution in [0.2, 0.25) is 0 Å². The van der Waals surface area contributed by atoms with Crippen LogP contribution in [-0.2, 0) is 11.2 Å². The molecule has 0 amide bonds. The minimum atomic E-state index is 0.400. The Morgan fingerprint density at radius 2 is 2.11 bits per heavy atom. The first-order valence-electron chi connectivity index (χ1n) is 7.49. The zero-order valence-corrected chi connectivity index (χ0v) is 12.0. The largest absolute Gasteiger partial charge is 0.376 e. The molecule has 0 radical (unpaired) electrons. The minimum Gasteiger partial charge on any atom is -0.376 e. The van der Waals surface area contributed by atoms with E-state index in [-0.39, 0.29) is 0 Å². The zero-order valence-electron chi connectivity index (χ0n) is 12.0. The van der Waals surface area contributed by atoms with Gasteiger partial charge in [-0.1, -0.05) is 19.1 Å². The van der Waals surface area contributed by atoms with Crippen LogP contribution in [0.3, 0.4) is 0 Å². The molecule has 1 aromatic rings. The van der Waals surface area contributed by atoms with Crippen LogP contribution in [0.15, 0.2) is 24.3 Å². The molecule has 1 unspecified atom stereocenters. The predicted octanol–water partition coefficient (Wildman–Crippen LogP) is 2.58. The Morgan fingerprint density at radius 3 is 2.79 bits per heavy atom. The molecule has 0 spiro atoms. The van der Waals surface area contributed by atoms with Crippen molar-refractivity contribution in [3.63, 3.8) is 0 Å². The Bertz CT molecular complexity index is 364. The number of rotatable bonds is 6. The van der Waals surface area contributed by atoms with E-state index in [1.165, 1.54) is 24.1 Å². The minimum absolute atomic E-state index is 0.400. The lowest BCUT2D eigenvalue weighted by Gasteiger charge is -2.34. The molecule has 0 saturated carbocycles. The second-order valence-electron chi connectivity index (χ2n) is 5.29. The van der Waals surface area contributed by atoms with Gasteiger partial charge in [0.2, 0.25) is 0 Å². The summed E-state index contributed by atoms with van der Waals surface area (Å²) in [5, 5.41) is 0. The third-order valence-electron chi connectivity index (χ3n) is 3.67. The van der Waals surface area contributed by atoms with Crippen molar-refractivity contribution in [3.8, 4) is 0 Å². The summed E-state index contributed by atoms with van der Waals surface area (Å²) in [5.41, 5.74) is 8.21. The van der Waals surface area contributed by atoms with Gasteiger partial charge < -0.3 is 15.4 Å². The normalized spacial score (nSPS) is 19.7. The molecule has 1 aliphatic heterocycles. The molecule has 0 bridgehead atoms. The van der Waals surface area contributed by atoms with Gasteiger partial charge in [-0.3, -0.25) is 0 Å². The summed E-state index contributed by atoms with van der Waals surface area (Å²) in [4.78, 5) is 2.44. The molecule has 1 aliphatic rings. The highest BCUT2D eigenvalue weighted by Gasteiger charge is 2.20. The van der Waals surface area contributed by atoms with Crippen LogP contribution in [0.4, 0.5) is 5.69 Å². The fourth-order valence-electron chi connectivity index (χ4n) is 2.63. The Kier molecular flexibility index (Phi) is 5.67. The highest BCUT2D eigenvalue weighted by atomic mass is 16.5. The fourth-order valence-corrected chi connectivity index (χ4v) is 2.63. The van der Waals surface area contributed by atoms with Crippen LogP contribution in [0.5, 0.6) is 0 Å². The second kappa shape index (κ2) is 7.51. The maximum atomic E-state index is 5.89. The lowest BCUT2D eigenvalue weighted by molar-refractivity contribution is 0.0440. The lowest BCUT2D eigenvalue weighted by Crippen LogP contribution is -2.39. The van der Waals surface area contributed by atoms with Crippen LogP contribution in [0.25, 0.3) is 0 Å². The van der Waals surface area contributed by atoms with Crippen molar-refractivity contribution in [1.82, 2.24) is 0 Å². The number of hydrogen-bond acceptors (Lipinski definition) is 3. The quantitative estimate of drug-likeness (QED) is 0.856. The van der Waals surface area contributed by atoms with Gasteiger partial charge in [0.05, 0.1) is 6.10 Å². The number of nitrogens with zero attached hydrogens (tertiary/aromatic N) is 1. The van der Waals surface area contributed by atoms with Gasteiger partial charge in [-0.25, -0.2) is 0 Å². The first-order valence-corrected chi connectivity index (χ1v) is 7.49. The predicted molar refractivity (Wildman–Crippen MR) is 80.7 cm³/mol. The smallest absolute Gasteiger partial charge is 0.0750 e. The standard InChI is InChI=1S/C16H26N2O/c1-2-12-19-16-4-3-11-18(13-16)15-7-5-14(6-8-15)9-10-17/h5-8,16H,2-4,9-13,17H2,1H3. The molecule has 1 saturated heterocycles. The molecule has 0 aliphatic carbocycles. The molecular formula is C16H26N2O. The van der Waals surface area contributed by atoms with Crippen molar-refractivity contribution >= 4 is 5.69 Å². The van der Waals surface area contributed by atoms with Crippen molar-refractivity contribution in [3.05, 3.63) is 29.8 Å². The Balaban J connectivity index is 1.92. The van der Waals surface area contributed by atoms with E-state index in [2.05, 4.69) is 36.1 Å². The maximum Gasteiger partial charge on any atom is 0.0750 e. The van der Waals surface area contributed by atoms with Crippen molar-refractivity contribution in [2.75, 3.05) is 31.1 Å². The van der Waals surface area contributed by atoms with Crippen molar-refractivity contribution < 1.29 is 4.74 Å². The van der Waals surface area contributed by atoms with Gasteiger partial charge in [0.25, 0.3) is 0 Å². The molecule has 2 rings (SSSR count). The molecule has 1 atom stereocenters. The van der Waals surface area contributed by atoms with Crippen molar-refractivity contribution in [2.24, 2.45) is 5.73 Å². The van der Waals surface area contributed by atoms with Gasteiger partial charge in [0, 0.05) is 25.4 Å². The highest BCUT2D eigenvalue weighted by Crippen LogP contribution is 2.22. The monoisotopic (exact) mass is 262 g/mol. The van der Waals surface area contributed by atoms with E-state index in [0.717, 1.165) is 39.1 Å². The molecule has 3 nitrogen and oxygen atoms in total. The topological polar surface area (TPSA) is 38.5 Å². The van der Waals surface area contributed by atoms with E-state index >= 15 is 0 Å². The average Bonchev–Trinajstić information content (AvgIpc) is 2.46. The SMILES string of the molecule is CCCOC1CCCN(c2ccc(CCN)cc2)C1. The van der Waals surface area contributed by atoms with Gasteiger partial charge in [0.15, 0.2) is 0 Å². The van der Waals surface area contributed by atoms with E-state index in [1.807, 2.05) is 0 Å². The van der Waals surface area contributed by atoms with Gasteiger partial charge >= 0.3 is 0 Å². The van der Waals surface area contributed by atoms with Gasteiger partial charge in [-0.15, -0.1) is 0 Å². The third-order valence-corrected chi connectivity index (χ3v) is 3.67. The number of nitrogens with two attached hydrogens (primary N) is 1. The number of ether oxygens (including phenoxy) is 1. The van der Waals surface area contributed by atoms with E-state index in [0.29, 0.717) is 6.10 Å². The summed E-state index contributed by atoms with van der Waals surface area (Å²) in [6.45, 7) is 5.93. The number of benzene rings is 1. The summed E-state index contributed by atoms with van der Waals surface area (Å²) in [5.74, 6) is 0. The first-order chi connectivity index (χ1) is 9.33. The molecule has 19 heavy (non-hydrogen) atoms. The van der Waals surface area contributed by atoms with Gasteiger partial charge in [-0.05, 0) is 49.9 Å². The molecule has 1 fully saturated rings. The van der Waals surface area contributed by atoms with Crippen LogP contribution in [0, 0.1) is 0 Å².